The number of hydrogen-bond acceptors (Lipinski definition) is 4. The van der Waals surface area contributed by atoms with Crippen molar-refractivity contribution < 1.29 is 0 Å². The van der Waals surface area contributed by atoms with E-state index < -0.39 is 0 Å². The van der Waals surface area contributed by atoms with Crippen LogP contribution >= 0.6 is 11.8 Å². The second kappa shape index (κ2) is 5.05. The molecular weight excluding hydrogens is 198 g/mol. The molecule has 78 valence electrons. The van der Waals surface area contributed by atoms with Crippen molar-refractivity contribution >= 4 is 17.6 Å². The Morgan fingerprint density at radius 3 is 3.07 bits per heavy atom. The van der Waals surface area contributed by atoms with E-state index in [-0.39, 0.29) is 5.56 Å². The number of anilines is 1. The van der Waals surface area contributed by atoms with Gasteiger partial charge in [0, 0.05) is 31.2 Å². The molecule has 1 N–H and O–H groups in total. The van der Waals surface area contributed by atoms with Crippen molar-refractivity contribution in [3.8, 4) is 0 Å². The fourth-order valence-electron chi connectivity index (χ4n) is 0.943. The van der Waals surface area contributed by atoms with Crippen molar-refractivity contribution in [1.29, 1.82) is 0 Å². The van der Waals surface area contributed by atoms with Gasteiger partial charge in [-0.1, -0.05) is 6.92 Å². The van der Waals surface area contributed by atoms with Crippen molar-refractivity contribution in [3.63, 3.8) is 0 Å². The molecule has 0 fully saturated rings. The largest absolute Gasteiger partial charge is 0.364 e. The van der Waals surface area contributed by atoms with E-state index in [2.05, 4.69) is 17.2 Å². The van der Waals surface area contributed by atoms with E-state index in [0.717, 1.165) is 6.54 Å². The summed E-state index contributed by atoms with van der Waals surface area (Å²) in [5, 5.41) is 3.51. The molecular formula is C9H15N3OS. The molecule has 0 saturated heterocycles. The molecule has 0 radical (unpaired) electrons. The maximum absolute atomic E-state index is 11.5. The molecule has 4 nitrogen and oxygen atoms in total. The van der Waals surface area contributed by atoms with E-state index in [9.17, 15) is 4.79 Å². The van der Waals surface area contributed by atoms with Crippen LogP contribution in [0.4, 0.5) is 5.82 Å². The van der Waals surface area contributed by atoms with E-state index in [1.165, 1.54) is 4.57 Å². The molecule has 1 aromatic heterocycles. The summed E-state index contributed by atoms with van der Waals surface area (Å²) in [6.45, 7) is 2.86. The Morgan fingerprint density at radius 2 is 2.43 bits per heavy atom. The predicted molar refractivity (Wildman–Crippen MR) is 60.9 cm³/mol. The summed E-state index contributed by atoms with van der Waals surface area (Å²) in [5.41, 5.74) is -0.0826. The maximum Gasteiger partial charge on any atom is 0.293 e. The lowest BCUT2D eigenvalue weighted by Gasteiger charge is -2.09. The number of aryl methyl sites for hydroxylation is 1. The van der Waals surface area contributed by atoms with E-state index in [1.54, 1.807) is 31.2 Å². The lowest BCUT2D eigenvalue weighted by Crippen LogP contribution is -2.24. The number of thioether (sulfide) groups is 1. The van der Waals surface area contributed by atoms with Gasteiger partial charge in [0.15, 0.2) is 5.82 Å². The summed E-state index contributed by atoms with van der Waals surface area (Å²) in [5.74, 6) is 0.427. The Hall–Kier alpha value is -0.970. The first-order valence-electron chi connectivity index (χ1n) is 4.43. The van der Waals surface area contributed by atoms with Crippen LogP contribution in [0.3, 0.4) is 0 Å². The zero-order valence-corrected chi connectivity index (χ0v) is 9.47. The number of aromatic nitrogens is 2. The van der Waals surface area contributed by atoms with Crippen LogP contribution in [0.25, 0.3) is 0 Å². The Labute approximate surface area is 87.7 Å². The quantitative estimate of drug-likeness (QED) is 0.808. The van der Waals surface area contributed by atoms with Crippen LogP contribution in [0.5, 0.6) is 0 Å². The second-order valence-corrected chi connectivity index (χ2v) is 4.40. The van der Waals surface area contributed by atoms with Crippen LogP contribution in [0.2, 0.25) is 0 Å². The highest BCUT2D eigenvalue weighted by Gasteiger charge is 2.03. The van der Waals surface area contributed by atoms with Gasteiger partial charge >= 0.3 is 0 Å². The van der Waals surface area contributed by atoms with E-state index in [1.807, 2.05) is 6.26 Å². The molecule has 0 aromatic carbocycles. The van der Waals surface area contributed by atoms with E-state index in [4.69, 9.17) is 0 Å². The Morgan fingerprint density at radius 1 is 1.71 bits per heavy atom. The van der Waals surface area contributed by atoms with E-state index >= 15 is 0 Å². The minimum Gasteiger partial charge on any atom is -0.364 e. The van der Waals surface area contributed by atoms with Gasteiger partial charge in [-0.2, -0.15) is 11.8 Å². The molecule has 0 aliphatic rings. The predicted octanol–water partition coefficient (Wildman–Crippen LogP) is 0.944. The number of rotatable bonds is 4. The Bertz CT molecular complexity index is 350. The lowest BCUT2D eigenvalue weighted by molar-refractivity contribution is 0.837. The molecule has 14 heavy (non-hydrogen) atoms. The molecule has 0 amide bonds. The average molecular weight is 213 g/mol. The van der Waals surface area contributed by atoms with Crippen molar-refractivity contribution in [3.05, 3.63) is 22.7 Å². The third kappa shape index (κ3) is 2.77. The molecule has 0 spiro atoms. The van der Waals surface area contributed by atoms with Crippen LogP contribution < -0.4 is 10.9 Å². The minimum absolute atomic E-state index is 0.0826. The van der Waals surface area contributed by atoms with Gasteiger partial charge in [0.2, 0.25) is 0 Å². The third-order valence-corrected chi connectivity index (χ3v) is 2.95. The fourth-order valence-corrected chi connectivity index (χ4v) is 1.19. The summed E-state index contributed by atoms with van der Waals surface area (Å²) in [4.78, 5) is 15.5. The molecule has 0 bridgehead atoms. The van der Waals surface area contributed by atoms with Gasteiger partial charge in [-0.3, -0.25) is 4.79 Å². The highest BCUT2D eigenvalue weighted by molar-refractivity contribution is 7.99. The fraction of sp³-hybridized carbons (Fsp3) is 0.556. The topological polar surface area (TPSA) is 46.9 Å². The van der Waals surface area contributed by atoms with Crippen molar-refractivity contribution in [2.45, 2.75) is 12.2 Å². The first-order chi connectivity index (χ1) is 6.65. The molecule has 1 aromatic rings. The average Bonchev–Trinajstić information content (AvgIpc) is 2.20. The highest BCUT2D eigenvalue weighted by atomic mass is 32.2. The maximum atomic E-state index is 11.5. The zero-order valence-electron chi connectivity index (χ0n) is 8.65. The summed E-state index contributed by atoms with van der Waals surface area (Å²) in [6, 6.07) is 0. The smallest absolute Gasteiger partial charge is 0.293 e. The van der Waals surface area contributed by atoms with E-state index in [0.29, 0.717) is 11.1 Å². The molecule has 1 rings (SSSR count). The Balaban J connectivity index is 2.68. The van der Waals surface area contributed by atoms with Crippen LogP contribution in [0.1, 0.15) is 6.92 Å². The molecule has 1 unspecified atom stereocenters. The van der Waals surface area contributed by atoms with Crippen LogP contribution in [-0.2, 0) is 7.05 Å². The minimum atomic E-state index is -0.0826. The van der Waals surface area contributed by atoms with Gasteiger partial charge in [-0.15, -0.1) is 0 Å². The first kappa shape index (κ1) is 11.1. The lowest BCUT2D eigenvalue weighted by atomic mass is 10.4. The Kier molecular flexibility index (Phi) is 4.00. The van der Waals surface area contributed by atoms with Crippen LogP contribution in [0.15, 0.2) is 17.2 Å². The van der Waals surface area contributed by atoms with Crippen LogP contribution in [0, 0.1) is 0 Å². The zero-order chi connectivity index (χ0) is 10.6. The van der Waals surface area contributed by atoms with Gasteiger partial charge in [0.05, 0.1) is 0 Å². The summed E-state index contributed by atoms with van der Waals surface area (Å²) >= 11 is 1.75. The second-order valence-electron chi connectivity index (χ2n) is 3.12. The molecule has 5 heteroatoms. The molecule has 1 atom stereocenters. The first-order valence-corrected chi connectivity index (χ1v) is 5.72. The van der Waals surface area contributed by atoms with Crippen molar-refractivity contribution in [1.82, 2.24) is 9.55 Å². The number of hydrogen-bond donors (Lipinski definition) is 1. The van der Waals surface area contributed by atoms with Gasteiger partial charge in [-0.25, -0.2) is 4.98 Å². The summed E-state index contributed by atoms with van der Waals surface area (Å²) < 4.78 is 1.51. The summed E-state index contributed by atoms with van der Waals surface area (Å²) in [6.07, 6.45) is 5.31. The summed E-state index contributed by atoms with van der Waals surface area (Å²) in [7, 11) is 1.72. The number of nitrogens with one attached hydrogen (secondary N) is 1. The highest BCUT2D eigenvalue weighted by Crippen LogP contribution is 2.04. The number of nitrogens with zero attached hydrogens (tertiary/aromatic N) is 2. The monoisotopic (exact) mass is 213 g/mol. The van der Waals surface area contributed by atoms with Gasteiger partial charge in [0.1, 0.15) is 0 Å². The van der Waals surface area contributed by atoms with Crippen molar-refractivity contribution in [2.75, 3.05) is 18.1 Å². The molecule has 0 aliphatic heterocycles. The standard InChI is InChI=1S/C9H15N3OS/c1-7(14-3)6-11-8-9(13)12(2)5-4-10-8/h4-5,7H,6H2,1-3H3,(H,10,11). The normalized spacial score (nSPS) is 12.5. The van der Waals surface area contributed by atoms with Gasteiger partial charge < -0.3 is 9.88 Å². The van der Waals surface area contributed by atoms with Gasteiger partial charge in [-0.05, 0) is 6.26 Å². The molecule has 0 aliphatic carbocycles. The molecule has 1 heterocycles. The van der Waals surface area contributed by atoms with Crippen LogP contribution in [-0.4, -0.2) is 27.6 Å². The van der Waals surface area contributed by atoms with Gasteiger partial charge in [0.25, 0.3) is 5.56 Å². The molecule has 0 saturated carbocycles. The van der Waals surface area contributed by atoms with Crippen molar-refractivity contribution in [2.24, 2.45) is 7.05 Å². The SMILES string of the molecule is CSC(C)CNc1nccn(C)c1=O. The third-order valence-electron chi connectivity index (χ3n) is 1.98.